The van der Waals surface area contributed by atoms with Crippen LogP contribution in [0.25, 0.3) is 0 Å². The van der Waals surface area contributed by atoms with E-state index in [0.717, 1.165) is 12.8 Å². The Balaban J connectivity index is 1.95. The first kappa shape index (κ1) is 23.0. The first-order valence-corrected chi connectivity index (χ1v) is 11.1. The molecule has 1 saturated heterocycles. The normalized spacial score (nSPS) is 17.2. The maximum atomic E-state index is 12.3. The zero-order valence-corrected chi connectivity index (χ0v) is 17.4. The van der Waals surface area contributed by atoms with Gasteiger partial charge in [0.05, 0.1) is 6.04 Å². The third kappa shape index (κ3) is 9.05. The van der Waals surface area contributed by atoms with Crippen LogP contribution in [0.1, 0.15) is 111 Å². The maximum Gasteiger partial charge on any atom is 0.416 e. The van der Waals surface area contributed by atoms with Gasteiger partial charge < -0.3 is 4.74 Å². The molecule has 1 aliphatic rings. The van der Waals surface area contributed by atoms with Crippen LogP contribution in [0, 0.1) is 5.92 Å². The summed E-state index contributed by atoms with van der Waals surface area (Å²) in [5.74, 6) is 0.186. The quantitative estimate of drug-likeness (QED) is 0.312. The van der Waals surface area contributed by atoms with Crippen molar-refractivity contribution in [2.24, 2.45) is 5.92 Å². The molecule has 0 aliphatic carbocycles. The van der Waals surface area contributed by atoms with Crippen LogP contribution in [-0.2, 0) is 9.53 Å². The molecule has 2 amide bonds. The van der Waals surface area contributed by atoms with Gasteiger partial charge in [-0.15, -0.1) is 0 Å². The Bertz CT molecular complexity index is 395. The summed E-state index contributed by atoms with van der Waals surface area (Å²) >= 11 is 0. The predicted octanol–water partition coefficient (Wildman–Crippen LogP) is 6.47. The molecule has 26 heavy (non-hydrogen) atoms. The summed E-state index contributed by atoms with van der Waals surface area (Å²) in [7, 11) is 0. The second-order valence-corrected chi connectivity index (χ2v) is 8.14. The van der Waals surface area contributed by atoms with E-state index in [1.165, 1.54) is 75.5 Å². The second-order valence-electron chi connectivity index (χ2n) is 8.14. The zero-order valence-electron chi connectivity index (χ0n) is 17.4. The van der Waals surface area contributed by atoms with E-state index in [4.69, 9.17) is 4.74 Å². The summed E-state index contributed by atoms with van der Waals surface area (Å²) in [6.07, 6.45) is 16.8. The third-order valence-corrected chi connectivity index (χ3v) is 5.44. The third-order valence-electron chi connectivity index (χ3n) is 5.44. The minimum absolute atomic E-state index is 0.0609. The molecular weight excluding hydrogens is 326 g/mol. The number of rotatable bonds is 15. The van der Waals surface area contributed by atoms with Gasteiger partial charge in [0.15, 0.2) is 0 Å². The van der Waals surface area contributed by atoms with E-state index >= 15 is 0 Å². The highest BCUT2D eigenvalue weighted by atomic mass is 16.6. The van der Waals surface area contributed by atoms with Crippen molar-refractivity contribution in [1.82, 2.24) is 4.90 Å². The van der Waals surface area contributed by atoms with Crippen molar-refractivity contribution in [3.63, 3.8) is 0 Å². The van der Waals surface area contributed by atoms with Crippen LogP contribution in [0.3, 0.4) is 0 Å². The number of imide groups is 1. The topological polar surface area (TPSA) is 46.6 Å². The fraction of sp³-hybridized carbons (Fsp3) is 0.909. The van der Waals surface area contributed by atoms with Gasteiger partial charge in [-0.1, -0.05) is 97.8 Å². The van der Waals surface area contributed by atoms with Gasteiger partial charge in [0.1, 0.15) is 6.61 Å². The average molecular weight is 368 g/mol. The Morgan fingerprint density at radius 2 is 1.38 bits per heavy atom. The van der Waals surface area contributed by atoms with Crippen LogP contribution >= 0.6 is 0 Å². The summed E-state index contributed by atoms with van der Waals surface area (Å²) in [5, 5.41) is 0. The van der Waals surface area contributed by atoms with Crippen molar-refractivity contribution in [2.45, 2.75) is 117 Å². The van der Waals surface area contributed by atoms with Gasteiger partial charge in [0, 0.05) is 6.42 Å². The molecule has 0 aromatic heterocycles. The fourth-order valence-corrected chi connectivity index (χ4v) is 3.63. The average Bonchev–Trinajstić information content (AvgIpc) is 3.00. The molecular formula is C22H41NO3. The van der Waals surface area contributed by atoms with E-state index in [2.05, 4.69) is 6.92 Å². The van der Waals surface area contributed by atoms with Gasteiger partial charge >= 0.3 is 6.09 Å². The van der Waals surface area contributed by atoms with E-state index in [0.29, 0.717) is 13.0 Å². The maximum absolute atomic E-state index is 12.3. The van der Waals surface area contributed by atoms with Crippen molar-refractivity contribution < 1.29 is 14.3 Å². The highest BCUT2D eigenvalue weighted by Crippen LogP contribution is 2.21. The van der Waals surface area contributed by atoms with E-state index < -0.39 is 6.09 Å². The molecule has 0 aromatic carbocycles. The van der Waals surface area contributed by atoms with Gasteiger partial charge in [-0.05, 0) is 12.3 Å². The minimum atomic E-state index is -0.455. The Labute approximate surface area is 161 Å². The first-order valence-electron chi connectivity index (χ1n) is 11.1. The van der Waals surface area contributed by atoms with E-state index in [9.17, 15) is 9.59 Å². The number of unbranched alkanes of at least 4 members (excludes halogenated alkanes) is 12. The van der Waals surface area contributed by atoms with Gasteiger partial charge in [-0.25, -0.2) is 9.69 Å². The highest BCUT2D eigenvalue weighted by Gasteiger charge is 2.38. The standard InChI is InChI=1S/C22H41NO3/c1-4-5-6-7-8-9-10-11-12-13-14-15-16-17-21(24)23-20(19(2)3)18-26-22(23)25/h19-20H,4-18H2,1-3H3/t20-/m1/s1. The molecule has 1 fully saturated rings. The molecule has 1 atom stereocenters. The molecule has 4 heteroatoms. The lowest BCUT2D eigenvalue weighted by atomic mass is 10.0. The number of hydrogen-bond donors (Lipinski definition) is 0. The molecule has 0 saturated carbocycles. The Kier molecular flexibility index (Phi) is 12.4. The number of carbonyl (C=O) groups is 2. The lowest BCUT2D eigenvalue weighted by molar-refractivity contribution is -0.129. The largest absolute Gasteiger partial charge is 0.447 e. The SMILES string of the molecule is CCCCCCCCCCCCCCCC(=O)N1C(=O)OC[C@@H]1C(C)C. The molecule has 1 rings (SSSR count). The summed E-state index contributed by atoms with van der Waals surface area (Å²) in [6.45, 7) is 6.66. The summed E-state index contributed by atoms with van der Waals surface area (Å²) in [5.41, 5.74) is 0. The van der Waals surface area contributed by atoms with Crippen LogP contribution in [0.4, 0.5) is 4.79 Å². The molecule has 0 aromatic rings. The van der Waals surface area contributed by atoms with Crippen LogP contribution in [0.2, 0.25) is 0 Å². The summed E-state index contributed by atoms with van der Waals surface area (Å²) < 4.78 is 5.05. The van der Waals surface area contributed by atoms with Crippen molar-refractivity contribution >= 4 is 12.0 Å². The van der Waals surface area contributed by atoms with E-state index in [-0.39, 0.29) is 17.9 Å². The number of amides is 2. The van der Waals surface area contributed by atoms with Crippen molar-refractivity contribution in [2.75, 3.05) is 6.61 Å². The molecule has 0 N–H and O–H groups in total. The summed E-state index contributed by atoms with van der Waals surface area (Å²) in [6, 6.07) is -0.0861. The fourth-order valence-electron chi connectivity index (χ4n) is 3.63. The second kappa shape index (κ2) is 14.1. The molecule has 0 bridgehead atoms. The monoisotopic (exact) mass is 367 g/mol. The molecule has 1 aliphatic heterocycles. The number of hydrogen-bond acceptors (Lipinski definition) is 3. The van der Waals surface area contributed by atoms with Gasteiger partial charge in [-0.3, -0.25) is 4.79 Å². The van der Waals surface area contributed by atoms with Crippen LogP contribution in [0.5, 0.6) is 0 Å². The Morgan fingerprint density at radius 3 is 1.85 bits per heavy atom. The van der Waals surface area contributed by atoms with Crippen LogP contribution in [-0.4, -0.2) is 29.5 Å². The van der Waals surface area contributed by atoms with Crippen LogP contribution < -0.4 is 0 Å². The number of cyclic esters (lactones) is 1. The molecule has 4 nitrogen and oxygen atoms in total. The lowest BCUT2D eigenvalue weighted by Gasteiger charge is -2.22. The number of carbonyl (C=O) groups excluding carboxylic acids is 2. The smallest absolute Gasteiger partial charge is 0.416 e. The molecule has 1 heterocycles. The van der Waals surface area contributed by atoms with Crippen molar-refractivity contribution in [3.8, 4) is 0 Å². The zero-order chi connectivity index (χ0) is 19.2. The van der Waals surface area contributed by atoms with Crippen molar-refractivity contribution in [3.05, 3.63) is 0 Å². The van der Waals surface area contributed by atoms with Crippen molar-refractivity contribution in [1.29, 1.82) is 0 Å². The van der Waals surface area contributed by atoms with Gasteiger partial charge in [-0.2, -0.15) is 0 Å². The highest BCUT2D eigenvalue weighted by molar-refractivity contribution is 5.93. The molecule has 0 radical (unpaired) electrons. The molecule has 0 unspecified atom stereocenters. The van der Waals surface area contributed by atoms with E-state index in [1.807, 2.05) is 13.8 Å². The Morgan fingerprint density at radius 1 is 0.923 bits per heavy atom. The minimum Gasteiger partial charge on any atom is -0.447 e. The lowest BCUT2D eigenvalue weighted by Crippen LogP contribution is -2.41. The summed E-state index contributed by atoms with van der Waals surface area (Å²) in [4.78, 5) is 25.4. The molecule has 0 spiro atoms. The van der Waals surface area contributed by atoms with Gasteiger partial charge in [0.25, 0.3) is 0 Å². The number of ether oxygens (including phenoxy) is 1. The first-order chi connectivity index (χ1) is 12.6. The van der Waals surface area contributed by atoms with Gasteiger partial charge in [0.2, 0.25) is 5.91 Å². The predicted molar refractivity (Wildman–Crippen MR) is 107 cm³/mol. The van der Waals surface area contributed by atoms with E-state index in [1.54, 1.807) is 0 Å². The van der Waals surface area contributed by atoms with Crippen LogP contribution in [0.15, 0.2) is 0 Å². The Hall–Kier alpha value is -1.06. The number of nitrogens with zero attached hydrogens (tertiary/aromatic N) is 1. The molecule has 152 valence electrons.